The summed E-state index contributed by atoms with van der Waals surface area (Å²) in [5.41, 5.74) is 3.13. The van der Waals surface area contributed by atoms with Crippen LogP contribution >= 0.6 is 11.6 Å². The molecule has 1 aliphatic heterocycles. The van der Waals surface area contributed by atoms with E-state index < -0.39 is 0 Å². The van der Waals surface area contributed by atoms with E-state index in [0.29, 0.717) is 22.3 Å². The molecule has 8 heteroatoms. The molecule has 0 aromatic carbocycles. The lowest BCUT2D eigenvalue weighted by Gasteiger charge is -2.27. The molecule has 0 radical (unpaired) electrons. The Bertz CT molecular complexity index is 1030. The molecule has 1 N–H and O–H groups in total. The number of likely N-dealkylation sites (N-methyl/N-ethyl adjacent to an activating group) is 1. The quantitative estimate of drug-likeness (QED) is 0.709. The van der Waals surface area contributed by atoms with Crippen LogP contribution in [0.1, 0.15) is 11.3 Å². The van der Waals surface area contributed by atoms with Crippen molar-refractivity contribution in [2.75, 3.05) is 18.9 Å². The lowest BCUT2D eigenvalue weighted by molar-refractivity contribution is 0.306. The Kier molecular flexibility index (Phi) is 3.89. The van der Waals surface area contributed by atoms with Crippen LogP contribution < -0.4 is 10.9 Å². The molecule has 7 nitrogen and oxygen atoms in total. The smallest absolute Gasteiger partial charge is 0.274 e. The van der Waals surface area contributed by atoms with Gasteiger partial charge in [-0.2, -0.15) is 0 Å². The van der Waals surface area contributed by atoms with Gasteiger partial charge < -0.3 is 14.8 Å². The van der Waals surface area contributed by atoms with Crippen molar-refractivity contribution in [2.24, 2.45) is 7.05 Å². The summed E-state index contributed by atoms with van der Waals surface area (Å²) >= 11 is 6.10. The minimum Gasteiger partial charge on any atom is -0.320 e. The number of hydrogen-bond acceptors (Lipinski definition) is 6. The molecular formula is C17H17ClN6O. The number of nitrogens with zero attached hydrogens (tertiary/aromatic N) is 5. The van der Waals surface area contributed by atoms with Crippen molar-refractivity contribution in [3.63, 3.8) is 0 Å². The van der Waals surface area contributed by atoms with Crippen LogP contribution in [0.5, 0.6) is 0 Å². The fourth-order valence-corrected chi connectivity index (χ4v) is 3.37. The van der Waals surface area contributed by atoms with Crippen molar-refractivity contribution in [1.82, 2.24) is 24.4 Å². The van der Waals surface area contributed by atoms with Crippen LogP contribution in [0, 0.1) is 0 Å². The van der Waals surface area contributed by atoms with Crippen LogP contribution in [-0.2, 0) is 20.0 Å². The predicted molar refractivity (Wildman–Crippen MR) is 97.3 cm³/mol. The zero-order chi connectivity index (χ0) is 17.6. The second-order valence-corrected chi connectivity index (χ2v) is 6.60. The van der Waals surface area contributed by atoms with E-state index in [0.717, 1.165) is 36.2 Å². The van der Waals surface area contributed by atoms with E-state index in [-0.39, 0.29) is 5.56 Å². The molecule has 3 aromatic heterocycles. The Morgan fingerprint density at radius 1 is 1.28 bits per heavy atom. The molecule has 0 saturated carbocycles. The SMILES string of the molecule is CN1CCc2c(cc(Nc3ncc4ccnc(Cl)c4n3)c(=O)n2C)C1. The highest BCUT2D eigenvalue weighted by Crippen LogP contribution is 2.22. The molecule has 0 fully saturated rings. The molecule has 3 aromatic rings. The minimum atomic E-state index is -0.0933. The molecule has 0 bridgehead atoms. The molecular weight excluding hydrogens is 340 g/mol. The Labute approximate surface area is 149 Å². The molecule has 0 spiro atoms. The van der Waals surface area contributed by atoms with Crippen LogP contribution in [0.15, 0.2) is 29.3 Å². The van der Waals surface area contributed by atoms with Gasteiger partial charge in [-0.15, -0.1) is 0 Å². The first kappa shape index (κ1) is 16.0. The molecule has 0 amide bonds. The molecule has 1 aliphatic rings. The summed E-state index contributed by atoms with van der Waals surface area (Å²) in [6.07, 6.45) is 4.14. The zero-order valence-electron chi connectivity index (χ0n) is 14.0. The van der Waals surface area contributed by atoms with Crippen LogP contribution in [0.4, 0.5) is 11.6 Å². The maximum atomic E-state index is 12.7. The van der Waals surface area contributed by atoms with Crippen molar-refractivity contribution in [3.05, 3.63) is 51.3 Å². The van der Waals surface area contributed by atoms with E-state index in [1.54, 1.807) is 30.1 Å². The Hall–Kier alpha value is -2.51. The van der Waals surface area contributed by atoms with Gasteiger partial charge in [0.05, 0.1) is 0 Å². The monoisotopic (exact) mass is 356 g/mol. The third-order valence-corrected chi connectivity index (χ3v) is 4.78. The third kappa shape index (κ3) is 2.85. The fraction of sp³-hybridized carbons (Fsp3) is 0.294. The van der Waals surface area contributed by atoms with Crippen molar-refractivity contribution >= 4 is 34.1 Å². The molecule has 128 valence electrons. The van der Waals surface area contributed by atoms with Gasteiger partial charge in [-0.05, 0) is 24.7 Å². The predicted octanol–water partition coefficient (Wildman–Crippen LogP) is 2.11. The molecule has 0 atom stereocenters. The van der Waals surface area contributed by atoms with Gasteiger partial charge in [0.2, 0.25) is 5.95 Å². The topological polar surface area (TPSA) is 75.9 Å². The lowest BCUT2D eigenvalue weighted by Crippen LogP contribution is -2.33. The number of pyridine rings is 2. The van der Waals surface area contributed by atoms with E-state index in [2.05, 4.69) is 32.2 Å². The minimum absolute atomic E-state index is 0.0933. The second-order valence-electron chi connectivity index (χ2n) is 6.24. The highest BCUT2D eigenvalue weighted by atomic mass is 35.5. The van der Waals surface area contributed by atoms with Gasteiger partial charge in [-0.3, -0.25) is 4.79 Å². The highest BCUT2D eigenvalue weighted by Gasteiger charge is 2.19. The first-order valence-corrected chi connectivity index (χ1v) is 8.35. The summed E-state index contributed by atoms with van der Waals surface area (Å²) in [4.78, 5) is 27.6. The van der Waals surface area contributed by atoms with Gasteiger partial charge in [-0.1, -0.05) is 11.6 Å². The third-order valence-electron chi connectivity index (χ3n) is 4.50. The average Bonchev–Trinajstić information content (AvgIpc) is 2.60. The summed E-state index contributed by atoms with van der Waals surface area (Å²) in [5.74, 6) is 0.323. The maximum Gasteiger partial charge on any atom is 0.274 e. The molecule has 0 unspecified atom stereocenters. The van der Waals surface area contributed by atoms with Crippen molar-refractivity contribution < 1.29 is 0 Å². The summed E-state index contributed by atoms with van der Waals surface area (Å²) in [6.45, 7) is 1.76. The highest BCUT2D eigenvalue weighted by molar-refractivity contribution is 6.33. The summed E-state index contributed by atoms with van der Waals surface area (Å²) in [7, 11) is 3.88. The largest absolute Gasteiger partial charge is 0.320 e. The van der Waals surface area contributed by atoms with Crippen LogP contribution in [-0.4, -0.2) is 38.0 Å². The van der Waals surface area contributed by atoms with Gasteiger partial charge in [0.1, 0.15) is 11.2 Å². The van der Waals surface area contributed by atoms with Crippen molar-refractivity contribution in [1.29, 1.82) is 0 Å². The average molecular weight is 357 g/mol. The van der Waals surface area contributed by atoms with Gasteiger partial charge >= 0.3 is 0 Å². The summed E-state index contributed by atoms with van der Waals surface area (Å²) < 4.78 is 1.71. The molecule has 0 saturated heterocycles. The number of aromatic nitrogens is 4. The summed E-state index contributed by atoms with van der Waals surface area (Å²) in [5, 5.41) is 4.14. The molecule has 4 rings (SSSR count). The first-order valence-electron chi connectivity index (χ1n) is 7.97. The number of halogens is 1. The van der Waals surface area contributed by atoms with E-state index in [1.807, 2.05) is 6.07 Å². The van der Waals surface area contributed by atoms with Crippen LogP contribution in [0.2, 0.25) is 5.15 Å². The van der Waals surface area contributed by atoms with E-state index >= 15 is 0 Å². The van der Waals surface area contributed by atoms with E-state index in [9.17, 15) is 4.79 Å². The number of nitrogens with one attached hydrogen (secondary N) is 1. The number of fused-ring (bicyclic) bond motifs is 2. The molecule has 25 heavy (non-hydrogen) atoms. The number of hydrogen-bond donors (Lipinski definition) is 1. The summed E-state index contributed by atoms with van der Waals surface area (Å²) in [6, 6.07) is 3.69. The van der Waals surface area contributed by atoms with Gasteiger partial charge in [0.15, 0.2) is 5.15 Å². The Morgan fingerprint density at radius 3 is 2.96 bits per heavy atom. The van der Waals surface area contributed by atoms with E-state index in [1.165, 1.54) is 0 Å². The van der Waals surface area contributed by atoms with E-state index in [4.69, 9.17) is 11.6 Å². The second kappa shape index (κ2) is 6.09. The number of anilines is 2. The molecule has 0 aliphatic carbocycles. The van der Waals surface area contributed by atoms with Crippen molar-refractivity contribution in [3.8, 4) is 0 Å². The normalized spacial score (nSPS) is 14.5. The number of rotatable bonds is 2. The van der Waals surface area contributed by atoms with Crippen LogP contribution in [0.25, 0.3) is 10.9 Å². The van der Waals surface area contributed by atoms with Gasteiger partial charge in [0.25, 0.3) is 5.56 Å². The standard InChI is InChI=1S/C17H17ClN6O/c1-23-6-4-13-11(9-23)7-12(16(25)24(13)2)21-17-20-8-10-3-5-19-15(18)14(10)22-17/h3,5,7-8H,4,6,9H2,1-2H3,(H,20,21,22). The Morgan fingerprint density at radius 2 is 2.12 bits per heavy atom. The van der Waals surface area contributed by atoms with Gasteiger partial charge in [0, 0.05) is 50.0 Å². The first-order chi connectivity index (χ1) is 12.0. The fourth-order valence-electron chi connectivity index (χ4n) is 3.16. The Balaban J connectivity index is 1.76. The molecule has 4 heterocycles. The van der Waals surface area contributed by atoms with Crippen molar-refractivity contribution in [2.45, 2.75) is 13.0 Å². The lowest BCUT2D eigenvalue weighted by atomic mass is 10.1. The van der Waals surface area contributed by atoms with Crippen LogP contribution in [0.3, 0.4) is 0 Å². The maximum absolute atomic E-state index is 12.7. The van der Waals surface area contributed by atoms with Gasteiger partial charge in [-0.25, -0.2) is 15.0 Å². The zero-order valence-corrected chi connectivity index (χ0v) is 14.7.